The minimum Gasteiger partial charge on any atom is -0.492 e. The number of ether oxygens (including phenoxy) is 1. The first-order chi connectivity index (χ1) is 10.1. The predicted molar refractivity (Wildman–Crippen MR) is 89.6 cm³/mol. The van der Waals surface area contributed by atoms with Crippen LogP contribution in [0.5, 0.6) is 5.75 Å². The van der Waals surface area contributed by atoms with Crippen LogP contribution in [0.25, 0.3) is 11.0 Å². The molecule has 116 valence electrons. The quantitative estimate of drug-likeness (QED) is 0.690. The lowest BCUT2D eigenvalue weighted by atomic mass is 9.94. The van der Waals surface area contributed by atoms with Crippen LogP contribution in [0.3, 0.4) is 0 Å². The van der Waals surface area contributed by atoms with E-state index in [4.69, 9.17) is 21.3 Å². The fraction of sp³-hybridized carbons (Fsp3) is 0.588. The molecule has 2 rings (SSSR count). The number of hydrogen-bond acceptors (Lipinski definition) is 2. The van der Waals surface area contributed by atoms with Crippen LogP contribution in [0.2, 0.25) is 0 Å². The van der Waals surface area contributed by atoms with E-state index < -0.39 is 0 Å². The molecule has 0 amide bonds. The molecular weight excluding hydrogens is 284 g/mol. The summed E-state index contributed by atoms with van der Waals surface area (Å²) in [5.74, 6) is 2.49. The average Bonchev–Trinajstić information content (AvgIpc) is 2.87. The summed E-state index contributed by atoms with van der Waals surface area (Å²) in [6.07, 6.45) is 2.89. The second kappa shape index (κ2) is 6.69. The highest BCUT2D eigenvalue weighted by atomic mass is 35.5. The summed E-state index contributed by atoms with van der Waals surface area (Å²) < 4.78 is 8.11. The molecule has 0 radical (unpaired) electrons. The molecule has 0 aliphatic rings. The molecule has 2 aromatic rings. The van der Waals surface area contributed by atoms with Crippen LogP contribution in [0.1, 0.15) is 46.4 Å². The number of nitrogens with zero attached hydrogens (tertiary/aromatic N) is 2. The number of aryl methyl sites for hydroxylation is 1. The van der Waals surface area contributed by atoms with Crippen molar-refractivity contribution in [2.45, 2.75) is 52.5 Å². The molecule has 0 saturated carbocycles. The van der Waals surface area contributed by atoms with Crippen LogP contribution >= 0.6 is 11.6 Å². The summed E-state index contributed by atoms with van der Waals surface area (Å²) in [5, 5.41) is 0. The highest BCUT2D eigenvalue weighted by Gasteiger charge is 2.28. The second-order valence-electron chi connectivity index (χ2n) is 5.56. The smallest absolute Gasteiger partial charge is 0.147 e. The minimum atomic E-state index is 0.0565. The average molecular weight is 309 g/mol. The first kappa shape index (κ1) is 16.2. The summed E-state index contributed by atoms with van der Waals surface area (Å²) in [5.41, 5.74) is 2.15. The van der Waals surface area contributed by atoms with E-state index in [9.17, 15) is 0 Å². The minimum absolute atomic E-state index is 0.0565. The zero-order chi connectivity index (χ0) is 15.5. The van der Waals surface area contributed by atoms with Crippen molar-refractivity contribution < 1.29 is 4.74 Å². The number of imidazole rings is 1. The molecule has 21 heavy (non-hydrogen) atoms. The van der Waals surface area contributed by atoms with E-state index in [0.717, 1.165) is 41.9 Å². The summed E-state index contributed by atoms with van der Waals surface area (Å²) in [7, 11) is 0. The maximum absolute atomic E-state index is 5.99. The van der Waals surface area contributed by atoms with E-state index in [1.54, 1.807) is 0 Å². The van der Waals surface area contributed by atoms with Gasteiger partial charge in [0.2, 0.25) is 0 Å². The van der Waals surface area contributed by atoms with Gasteiger partial charge in [-0.25, -0.2) is 4.98 Å². The van der Waals surface area contributed by atoms with Gasteiger partial charge in [0.1, 0.15) is 17.1 Å². The van der Waals surface area contributed by atoms with Gasteiger partial charge in [0, 0.05) is 17.8 Å². The number of halogens is 1. The van der Waals surface area contributed by atoms with Crippen molar-refractivity contribution in [3.8, 4) is 5.75 Å². The Hall–Kier alpha value is -1.22. The Morgan fingerprint density at radius 1 is 1.24 bits per heavy atom. The van der Waals surface area contributed by atoms with Crippen LogP contribution in [0, 0.1) is 0 Å². The number of aromatic nitrogens is 2. The molecule has 1 heterocycles. The van der Waals surface area contributed by atoms with Crippen molar-refractivity contribution in [1.82, 2.24) is 9.55 Å². The third kappa shape index (κ3) is 2.89. The molecule has 3 nitrogen and oxygen atoms in total. The van der Waals surface area contributed by atoms with E-state index in [1.165, 1.54) is 0 Å². The summed E-state index contributed by atoms with van der Waals surface area (Å²) in [4.78, 5) is 4.84. The molecule has 1 aromatic heterocycles. The lowest BCUT2D eigenvalue weighted by Crippen LogP contribution is -2.30. The largest absolute Gasteiger partial charge is 0.492 e. The lowest BCUT2D eigenvalue weighted by molar-refractivity contribution is 0.294. The maximum Gasteiger partial charge on any atom is 0.147 e. The van der Waals surface area contributed by atoms with Gasteiger partial charge in [0.05, 0.1) is 12.1 Å². The van der Waals surface area contributed by atoms with Crippen molar-refractivity contribution in [2.24, 2.45) is 0 Å². The Balaban J connectivity index is 2.71. The number of fused-ring (bicyclic) bond motifs is 1. The third-order valence-corrected chi connectivity index (χ3v) is 4.59. The Morgan fingerprint density at radius 2 is 1.95 bits per heavy atom. The first-order valence-corrected chi connectivity index (χ1v) is 8.34. The summed E-state index contributed by atoms with van der Waals surface area (Å²) >= 11 is 5.99. The number of rotatable bonds is 7. The van der Waals surface area contributed by atoms with Crippen molar-refractivity contribution in [3.05, 3.63) is 24.0 Å². The lowest BCUT2D eigenvalue weighted by Gasteiger charge is -2.31. The zero-order valence-electron chi connectivity index (χ0n) is 13.4. The van der Waals surface area contributed by atoms with Crippen molar-refractivity contribution in [1.29, 1.82) is 0 Å². The van der Waals surface area contributed by atoms with E-state index in [0.29, 0.717) is 12.5 Å². The molecular formula is C17H25ClN2O. The van der Waals surface area contributed by atoms with Gasteiger partial charge in [-0.3, -0.25) is 0 Å². The van der Waals surface area contributed by atoms with Gasteiger partial charge in [-0.05, 0) is 38.8 Å². The molecule has 0 aliphatic heterocycles. The molecule has 0 spiro atoms. The number of alkyl halides is 1. The van der Waals surface area contributed by atoms with Crippen molar-refractivity contribution in [2.75, 3.05) is 12.5 Å². The molecule has 0 saturated heterocycles. The van der Waals surface area contributed by atoms with Crippen molar-refractivity contribution in [3.63, 3.8) is 0 Å². The molecule has 0 N–H and O–H groups in total. The molecule has 0 bridgehead atoms. The van der Waals surface area contributed by atoms with Gasteiger partial charge in [-0.2, -0.15) is 0 Å². The van der Waals surface area contributed by atoms with Gasteiger partial charge in [0.15, 0.2) is 0 Å². The Bertz CT molecular complexity index is 602. The topological polar surface area (TPSA) is 27.1 Å². The van der Waals surface area contributed by atoms with Gasteiger partial charge in [-0.15, -0.1) is 11.6 Å². The van der Waals surface area contributed by atoms with Gasteiger partial charge in [0.25, 0.3) is 0 Å². The van der Waals surface area contributed by atoms with Crippen LogP contribution in [-0.4, -0.2) is 22.0 Å². The standard InChI is InChI=1S/C17H25ClN2O/c1-5-17(4,6-2)20-13-9-8-10-14(21-7-3)16(13)19-15(20)11-12-18/h8-10H,5-7,11-12H2,1-4H3. The number of hydrogen-bond donors (Lipinski definition) is 0. The monoisotopic (exact) mass is 308 g/mol. The Labute approximate surface area is 132 Å². The summed E-state index contributed by atoms with van der Waals surface area (Å²) in [6.45, 7) is 9.39. The molecule has 0 aliphatic carbocycles. The summed E-state index contributed by atoms with van der Waals surface area (Å²) in [6, 6.07) is 6.16. The SMILES string of the molecule is CCOc1cccc2c1nc(CCCl)n2C(C)(CC)CC. The molecule has 1 aromatic carbocycles. The predicted octanol–water partition coefficient (Wildman–Crippen LogP) is 4.75. The molecule has 0 fully saturated rings. The van der Waals surface area contributed by atoms with Crippen LogP contribution in [0.4, 0.5) is 0 Å². The van der Waals surface area contributed by atoms with E-state index in [2.05, 4.69) is 31.4 Å². The second-order valence-corrected chi connectivity index (χ2v) is 5.94. The maximum atomic E-state index is 5.99. The van der Waals surface area contributed by atoms with E-state index in [-0.39, 0.29) is 5.54 Å². The Morgan fingerprint density at radius 3 is 2.52 bits per heavy atom. The molecule has 0 atom stereocenters. The van der Waals surface area contributed by atoms with E-state index in [1.807, 2.05) is 19.1 Å². The number of benzene rings is 1. The van der Waals surface area contributed by atoms with Crippen LogP contribution < -0.4 is 4.74 Å². The molecule has 4 heteroatoms. The fourth-order valence-corrected chi connectivity index (χ4v) is 2.98. The highest BCUT2D eigenvalue weighted by molar-refractivity contribution is 6.17. The van der Waals surface area contributed by atoms with Gasteiger partial charge < -0.3 is 9.30 Å². The fourth-order valence-electron chi connectivity index (χ4n) is 2.81. The first-order valence-electron chi connectivity index (χ1n) is 7.80. The van der Waals surface area contributed by atoms with Gasteiger partial charge in [-0.1, -0.05) is 19.9 Å². The van der Waals surface area contributed by atoms with E-state index >= 15 is 0 Å². The normalized spacial score (nSPS) is 12.0. The third-order valence-electron chi connectivity index (χ3n) is 4.40. The molecule has 0 unspecified atom stereocenters. The highest BCUT2D eigenvalue weighted by Crippen LogP contribution is 2.34. The zero-order valence-corrected chi connectivity index (χ0v) is 14.2. The number of para-hydroxylation sites is 1. The van der Waals surface area contributed by atoms with Crippen molar-refractivity contribution >= 4 is 22.6 Å². The van der Waals surface area contributed by atoms with Gasteiger partial charge >= 0.3 is 0 Å². The van der Waals surface area contributed by atoms with Crippen LogP contribution in [-0.2, 0) is 12.0 Å². The van der Waals surface area contributed by atoms with Crippen LogP contribution in [0.15, 0.2) is 18.2 Å². The Kier molecular flexibility index (Phi) is 5.15.